The van der Waals surface area contributed by atoms with E-state index in [0.717, 1.165) is 66.5 Å². The Hall–Kier alpha value is -8.19. The molecule has 0 saturated heterocycles. The molecule has 4 heterocycles. The Kier molecular flexibility index (Phi) is 8.01. The van der Waals surface area contributed by atoms with E-state index in [-0.39, 0.29) is 0 Å². The van der Waals surface area contributed by atoms with E-state index in [0.29, 0.717) is 17.5 Å². The molecule has 13 aromatic rings. The van der Waals surface area contributed by atoms with Crippen LogP contribution in [0, 0.1) is 0 Å². The molecule has 0 radical (unpaired) electrons. The van der Waals surface area contributed by atoms with Crippen molar-refractivity contribution in [1.29, 1.82) is 0 Å². The predicted octanol–water partition coefficient (Wildman–Crippen LogP) is 15.6. The first-order valence-electron chi connectivity index (χ1n) is 21.1. The van der Waals surface area contributed by atoms with Gasteiger partial charge in [-0.05, 0) is 70.8 Å². The maximum Gasteiger partial charge on any atom is 0.164 e. The molecule has 13 rings (SSSR count). The van der Waals surface area contributed by atoms with Crippen molar-refractivity contribution in [2.24, 2.45) is 0 Å². The summed E-state index contributed by atoms with van der Waals surface area (Å²) < 4.78 is 11.5. The molecule has 4 aromatic heterocycles. The van der Waals surface area contributed by atoms with Gasteiger partial charge in [-0.25, -0.2) is 15.0 Å². The van der Waals surface area contributed by atoms with Crippen molar-refractivity contribution in [3.8, 4) is 62.1 Å². The number of benzene rings is 9. The Morgan fingerprint density at radius 3 is 1.62 bits per heavy atom. The fraction of sp³-hybridized carbons (Fsp3) is 0. The first-order valence-corrected chi connectivity index (χ1v) is 21.9. The van der Waals surface area contributed by atoms with E-state index in [2.05, 4.69) is 205 Å². The van der Waals surface area contributed by atoms with E-state index in [1.165, 1.54) is 42.1 Å². The zero-order chi connectivity index (χ0) is 41.4. The standard InChI is InChI=1S/C57H34N4OS/c1-3-13-35(14-4-1)36-25-27-38(28-26-36)55-58-56(60-57(59-55)40-30-32-45-52(34-40)63-51-24-11-19-41(53(45)51)37-15-5-2-6-16-37)39-29-31-44-50(33-39)62-49-23-12-22-48(54(44)49)61-46-20-9-7-17-42(46)43-18-8-10-21-47(43)61/h1-34H. The molecule has 63 heavy (non-hydrogen) atoms. The first-order chi connectivity index (χ1) is 31.2. The summed E-state index contributed by atoms with van der Waals surface area (Å²) in [5, 5.41) is 7.03. The summed E-state index contributed by atoms with van der Waals surface area (Å²) in [5.74, 6) is 1.80. The number of fused-ring (bicyclic) bond motifs is 9. The second-order valence-corrected chi connectivity index (χ2v) is 17.0. The lowest BCUT2D eigenvalue weighted by Crippen LogP contribution is -2.00. The van der Waals surface area contributed by atoms with Crippen LogP contribution in [0.3, 0.4) is 0 Å². The van der Waals surface area contributed by atoms with Gasteiger partial charge in [-0.3, -0.25) is 0 Å². The lowest BCUT2D eigenvalue weighted by Gasteiger charge is -2.10. The van der Waals surface area contributed by atoms with Crippen molar-refractivity contribution < 1.29 is 4.42 Å². The van der Waals surface area contributed by atoms with Crippen molar-refractivity contribution in [3.05, 3.63) is 206 Å². The summed E-state index contributed by atoms with van der Waals surface area (Å²) in [7, 11) is 0. The fourth-order valence-corrected chi connectivity index (χ4v) is 10.5. The molecule has 0 saturated carbocycles. The maximum absolute atomic E-state index is 6.70. The van der Waals surface area contributed by atoms with Gasteiger partial charge in [0.15, 0.2) is 17.5 Å². The van der Waals surface area contributed by atoms with Crippen LogP contribution in [0.15, 0.2) is 211 Å². The van der Waals surface area contributed by atoms with E-state index >= 15 is 0 Å². The molecular weight excluding hydrogens is 789 g/mol. The van der Waals surface area contributed by atoms with Crippen LogP contribution in [0.2, 0.25) is 0 Å². The smallest absolute Gasteiger partial charge is 0.164 e. The second kappa shape index (κ2) is 14.2. The van der Waals surface area contributed by atoms with Gasteiger partial charge in [-0.2, -0.15) is 0 Å². The van der Waals surface area contributed by atoms with Crippen molar-refractivity contribution in [2.45, 2.75) is 0 Å². The number of furan rings is 1. The molecule has 5 nitrogen and oxygen atoms in total. The Morgan fingerprint density at radius 1 is 0.349 bits per heavy atom. The number of hydrogen-bond donors (Lipinski definition) is 0. The van der Waals surface area contributed by atoms with Crippen LogP contribution < -0.4 is 0 Å². The van der Waals surface area contributed by atoms with Gasteiger partial charge in [-0.1, -0.05) is 158 Å². The Morgan fingerprint density at radius 2 is 0.905 bits per heavy atom. The summed E-state index contributed by atoms with van der Waals surface area (Å²) >= 11 is 1.80. The topological polar surface area (TPSA) is 56.7 Å². The molecule has 9 aromatic carbocycles. The molecule has 6 heteroatoms. The summed E-state index contributed by atoms with van der Waals surface area (Å²) in [4.78, 5) is 15.6. The molecule has 0 spiro atoms. The normalized spacial score (nSPS) is 11.8. The van der Waals surface area contributed by atoms with Crippen molar-refractivity contribution in [2.75, 3.05) is 0 Å². The molecule has 0 aliphatic rings. The van der Waals surface area contributed by atoms with Gasteiger partial charge in [0, 0.05) is 53.0 Å². The average molecular weight is 823 g/mol. The summed E-state index contributed by atoms with van der Waals surface area (Å²) in [6.45, 7) is 0. The largest absolute Gasteiger partial charge is 0.456 e. The van der Waals surface area contributed by atoms with E-state index in [1.807, 2.05) is 6.07 Å². The minimum Gasteiger partial charge on any atom is -0.456 e. The second-order valence-electron chi connectivity index (χ2n) is 15.9. The summed E-state index contributed by atoms with van der Waals surface area (Å²) in [5.41, 5.74) is 12.4. The summed E-state index contributed by atoms with van der Waals surface area (Å²) in [6, 6.07) is 72.6. The van der Waals surface area contributed by atoms with Crippen molar-refractivity contribution in [3.63, 3.8) is 0 Å². The molecule has 0 bridgehead atoms. The van der Waals surface area contributed by atoms with Crippen molar-refractivity contribution >= 4 is 75.3 Å². The molecule has 0 N–H and O–H groups in total. The zero-order valence-corrected chi connectivity index (χ0v) is 34.6. The van der Waals surface area contributed by atoms with Crippen LogP contribution >= 0.6 is 11.3 Å². The van der Waals surface area contributed by atoms with E-state index in [1.54, 1.807) is 11.3 Å². The number of thiophene rings is 1. The lowest BCUT2D eigenvalue weighted by atomic mass is 9.99. The molecule has 0 aliphatic carbocycles. The molecule has 0 unspecified atom stereocenters. The van der Waals surface area contributed by atoms with E-state index < -0.39 is 0 Å². The first kappa shape index (κ1) is 35.6. The minimum atomic E-state index is 0.579. The van der Waals surface area contributed by atoms with Crippen molar-refractivity contribution in [1.82, 2.24) is 19.5 Å². The van der Waals surface area contributed by atoms with Crippen LogP contribution in [0.4, 0.5) is 0 Å². The quantitative estimate of drug-likeness (QED) is 0.168. The SMILES string of the molecule is c1ccc(-c2ccc(-c3nc(-c4ccc5c(c4)oc4cccc(-n6c7ccccc7c7ccccc76)c45)nc(-c4ccc5c(c4)sc4cccc(-c6ccccc6)c45)n3)cc2)cc1. The Balaban J connectivity index is 0.970. The Labute approximate surface area is 365 Å². The number of hydrogen-bond acceptors (Lipinski definition) is 5. The Bertz CT molecular complexity index is 3850. The number of rotatable bonds is 6. The third-order valence-electron chi connectivity index (χ3n) is 12.3. The van der Waals surface area contributed by atoms with Gasteiger partial charge >= 0.3 is 0 Å². The third-order valence-corrected chi connectivity index (χ3v) is 13.4. The lowest BCUT2D eigenvalue weighted by molar-refractivity contribution is 0.669. The predicted molar refractivity (Wildman–Crippen MR) is 262 cm³/mol. The highest BCUT2D eigenvalue weighted by Crippen LogP contribution is 2.43. The molecule has 0 amide bonds. The van der Waals surface area contributed by atoms with Crippen LogP contribution in [-0.2, 0) is 0 Å². The average Bonchev–Trinajstić information content (AvgIpc) is 4.03. The maximum atomic E-state index is 6.70. The molecule has 0 fully saturated rings. The highest BCUT2D eigenvalue weighted by atomic mass is 32.1. The van der Waals surface area contributed by atoms with Gasteiger partial charge in [0.05, 0.1) is 22.1 Å². The minimum absolute atomic E-state index is 0.579. The third kappa shape index (κ3) is 5.80. The number of nitrogens with zero attached hydrogens (tertiary/aromatic N) is 4. The molecule has 294 valence electrons. The van der Waals surface area contributed by atoms with Gasteiger partial charge < -0.3 is 8.98 Å². The summed E-state index contributed by atoms with van der Waals surface area (Å²) in [6.07, 6.45) is 0. The van der Waals surface area contributed by atoms with Crippen LogP contribution in [0.5, 0.6) is 0 Å². The van der Waals surface area contributed by atoms with Gasteiger partial charge in [0.2, 0.25) is 0 Å². The van der Waals surface area contributed by atoms with E-state index in [4.69, 9.17) is 19.4 Å². The molecule has 0 aliphatic heterocycles. The monoisotopic (exact) mass is 822 g/mol. The van der Waals surface area contributed by atoms with Crippen LogP contribution in [0.1, 0.15) is 0 Å². The molecule has 0 atom stereocenters. The highest BCUT2D eigenvalue weighted by Gasteiger charge is 2.20. The number of para-hydroxylation sites is 2. The fourth-order valence-electron chi connectivity index (χ4n) is 9.34. The van der Waals surface area contributed by atoms with Gasteiger partial charge in [-0.15, -0.1) is 11.3 Å². The van der Waals surface area contributed by atoms with Gasteiger partial charge in [0.1, 0.15) is 11.2 Å². The highest BCUT2D eigenvalue weighted by molar-refractivity contribution is 7.26. The van der Waals surface area contributed by atoms with Gasteiger partial charge in [0.25, 0.3) is 0 Å². The number of aromatic nitrogens is 4. The van der Waals surface area contributed by atoms with Crippen LogP contribution in [0.25, 0.3) is 126 Å². The van der Waals surface area contributed by atoms with E-state index in [9.17, 15) is 0 Å². The zero-order valence-electron chi connectivity index (χ0n) is 33.7. The van der Waals surface area contributed by atoms with Crippen LogP contribution in [-0.4, -0.2) is 19.5 Å². The molecular formula is C57H34N4OS.